The molecule has 27 heavy (non-hydrogen) atoms. The van der Waals surface area contributed by atoms with Crippen LogP contribution >= 0.6 is 23.4 Å². The summed E-state index contributed by atoms with van der Waals surface area (Å²) in [7, 11) is 1.56. The largest absolute Gasteiger partial charge is 0.497 e. The SMILES string of the molecule is COc1ccc(C2=C(SCCO)C(=O)N(Cc3ccccc3Cl)C2=O)cc1. The zero-order chi connectivity index (χ0) is 19.4. The number of carbonyl (C=O) groups excluding carboxylic acids is 2. The van der Waals surface area contributed by atoms with Crippen molar-refractivity contribution < 1.29 is 19.4 Å². The summed E-state index contributed by atoms with van der Waals surface area (Å²) in [5.74, 6) is 0.247. The van der Waals surface area contributed by atoms with Gasteiger partial charge >= 0.3 is 0 Å². The summed E-state index contributed by atoms with van der Waals surface area (Å²) >= 11 is 7.37. The topological polar surface area (TPSA) is 66.8 Å². The molecule has 5 nitrogen and oxygen atoms in total. The predicted molar refractivity (Wildman–Crippen MR) is 106 cm³/mol. The molecule has 3 rings (SSSR count). The number of nitrogens with zero attached hydrogens (tertiary/aromatic N) is 1. The Bertz CT molecular complexity index is 895. The molecule has 7 heteroatoms. The number of aliphatic hydroxyl groups is 1. The summed E-state index contributed by atoms with van der Waals surface area (Å²) in [6.45, 7) is 0.0101. The van der Waals surface area contributed by atoms with E-state index in [0.29, 0.717) is 38.1 Å². The summed E-state index contributed by atoms with van der Waals surface area (Å²) in [4.78, 5) is 27.5. The average Bonchev–Trinajstić information content (AvgIpc) is 2.92. The van der Waals surface area contributed by atoms with Gasteiger partial charge in [-0.25, -0.2) is 0 Å². The van der Waals surface area contributed by atoms with E-state index in [-0.39, 0.29) is 25.0 Å². The van der Waals surface area contributed by atoms with Crippen LogP contribution < -0.4 is 4.74 Å². The Kier molecular flexibility index (Phi) is 6.21. The normalized spacial score (nSPS) is 14.3. The van der Waals surface area contributed by atoms with Crippen molar-refractivity contribution in [2.45, 2.75) is 6.54 Å². The van der Waals surface area contributed by atoms with Gasteiger partial charge in [-0.3, -0.25) is 14.5 Å². The monoisotopic (exact) mass is 403 g/mol. The fourth-order valence-corrected chi connectivity index (χ4v) is 3.86. The maximum Gasteiger partial charge on any atom is 0.268 e. The van der Waals surface area contributed by atoms with Gasteiger partial charge in [-0.1, -0.05) is 41.9 Å². The molecule has 1 aliphatic rings. The molecule has 0 unspecified atom stereocenters. The second kappa shape index (κ2) is 8.61. The predicted octanol–water partition coefficient (Wildman–Crippen LogP) is 3.35. The minimum atomic E-state index is -0.371. The molecule has 2 aromatic carbocycles. The number of hydrogen-bond acceptors (Lipinski definition) is 5. The molecule has 0 fully saturated rings. The molecule has 0 aliphatic carbocycles. The van der Waals surface area contributed by atoms with Crippen molar-refractivity contribution >= 4 is 40.8 Å². The number of methoxy groups -OCH3 is 1. The van der Waals surface area contributed by atoms with Crippen LogP contribution in [0.15, 0.2) is 53.4 Å². The van der Waals surface area contributed by atoms with Gasteiger partial charge in [-0.05, 0) is 29.3 Å². The summed E-state index contributed by atoms with van der Waals surface area (Å²) < 4.78 is 5.15. The Balaban J connectivity index is 1.96. The number of amides is 2. The van der Waals surface area contributed by atoms with Crippen molar-refractivity contribution in [2.75, 3.05) is 19.5 Å². The van der Waals surface area contributed by atoms with Crippen molar-refractivity contribution in [1.29, 1.82) is 0 Å². The highest BCUT2D eigenvalue weighted by atomic mass is 35.5. The number of ether oxygens (including phenoxy) is 1. The van der Waals surface area contributed by atoms with Gasteiger partial charge in [-0.15, -0.1) is 11.8 Å². The fraction of sp³-hybridized carbons (Fsp3) is 0.200. The summed E-state index contributed by atoms with van der Waals surface area (Å²) in [5.41, 5.74) is 1.67. The third kappa shape index (κ3) is 4.03. The van der Waals surface area contributed by atoms with Crippen LogP contribution in [0.5, 0.6) is 5.75 Å². The van der Waals surface area contributed by atoms with Gasteiger partial charge in [0.05, 0.1) is 30.7 Å². The van der Waals surface area contributed by atoms with Gasteiger partial charge in [-0.2, -0.15) is 0 Å². The molecule has 0 aromatic heterocycles. The number of rotatable bonds is 7. The molecular formula is C20H18ClNO4S. The van der Waals surface area contributed by atoms with E-state index >= 15 is 0 Å². The fourth-order valence-electron chi connectivity index (χ4n) is 2.79. The van der Waals surface area contributed by atoms with Gasteiger partial charge < -0.3 is 9.84 Å². The summed E-state index contributed by atoms with van der Waals surface area (Å²) in [5, 5.41) is 9.65. The number of thioether (sulfide) groups is 1. The van der Waals surface area contributed by atoms with Crippen LogP contribution in [0.2, 0.25) is 5.02 Å². The Morgan fingerprint density at radius 2 is 1.78 bits per heavy atom. The zero-order valence-corrected chi connectivity index (χ0v) is 16.2. The smallest absolute Gasteiger partial charge is 0.268 e. The van der Waals surface area contributed by atoms with Crippen LogP contribution in [0.4, 0.5) is 0 Å². The molecule has 0 radical (unpaired) electrons. The lowest BCUT2D eigenvalue weighted by Crippen LogP contribution is -2.31. The summed E-state index contributed by atoms with van der Waals surface area (Å²) in [6, 6.07) is 14.1. The molecular weight excluding hydrogens is 386 g/mol. The van der Waals surface area contributed by atoms with E-state index in [1.807, 2.05) is 6.07 Å². The lowest BCUT2D eigenvalue weighted by Gasteiger charge is -2.16. The molecule has 0 bridgehead atoms. The summed E-state index contributed by atoms with van der Waals surface area (Å²) in [6.07, 6.45) is 0. The minimum absolute atomic E-state index is 0.0873. The standard InChI is InChI=1S/C20H18ClNO4S/c1-26-15-8-6-13(7-9-15)17-18(27-11-10-23)20(25)22(19(17)24)12-14-4-2-3-5-16(14)21/h2-9,23H,10-12H2,1H3. The molecule has 140 valence electrons. The number of benzene rings is 2. The van der Waals surface area contributed by atoms with Crippen LogP contribution in [0.3, 0.4) is 0 Å². The van der Waals surface area contributed by atoms with Crippen molar-refractivity contribution in [1.82, 2.24) is 4.90 Å². The first kappa shape index (κ1) is 19.5. The van der Waals surface area contributed by atoms with Gasteiger partial charge in [0.1, 0.15) is 5.75 Å². The lowest BCUT2D eigenvalue weighted by atomic mass is 10.1. The van der Waals surface area contributed by atoms with Crippen LogP contribution in [0, 0.1) is 0 Å². The van der Waals surface area contributed by atoms with E-state index in [4.69, 9.17) is 21.4 Å². The molecule has 0 atom stereocenters. The quantitative estimate of drug-likeness (QED) is 0.718. The maximum atomic E-state index is 13.1. The minimum Gasteiger partial charge on any atom is -0.497 e. The van der Waals surface area contributed by atoms with E-state index in [2.05, 4.69) is 0 Å². The Morgan fingerprint density at radius 1 is 1.07 bits per heavy atom. The second-order valence-electron chi connectivity index (χ2n) is 5.79. The highest BCUT2D eigenvalue weighted by molar-refractivity contribution is 8.04. The Hall–Kier alpha value is -2.28. The van der Waals surface area contributed by atoms with E-state index < -0.39 is 0 Å². The van der Waals surface area contributed by atoms with Crippen molar-refractivity contribution in [3.63, 3.8) is 0 Å². The van der Waals surface area contributed by atoms with E-state index in [1.54, 1.807) is 49.6 Å². The van der Waals surface area contributed by atoms with Crippen molar-refractivity contribution in [2.24, 2.45) is 0 Å². The highest BCUT2D eigenvalue weighted by Crippen LogP contribution is 2.37. The van der Waals surface area contributed by atoms with Crippen LogP contribution in [-0.4, -0.2) is 41.3 Å². The van der Waals surface area contributed by atoms with Crippen molar-refractivity contribution in [3.8, 4) is 5.75 Å². The van der Waals surface area contributed by atoms with Gasteiger partial charge in [0.15, 0.2) is 0 Å². The first-order chi connectivity index (χ1) is 13.1. The van der Waals surface area contributed by atoms with Gasteiger partial charge in [0.2, 0.25) is 0 Å². The number of aliphatic hydroxyl groups excluding tert-OH is 1. The van der Waals surface area contributed by atoms with Gasteiger partial charge in [0, 0.05) is 10.8 Å². The molecule has 0 saturated carbocycles. The van der Waals surface area contributed by atoms with Crippen LogP contribution in [0.25, 0.3) is 5.57 Å². The van der Waals surface area contributed by atoms with Crippen LogP contribution in [-0.2, 0) is 16.1 Å². The first-order valence-corrected chi connectivity index (χ1v) is 9.65. The molecule has 1 aliphatic heterocycles. The number of halogens is 1. The number of carbonyl (C=O) groups is 2. The Morgan fingerprint density at radius 3 is 2.41 bits per heavy atom. The second-order valence-corrected chi connectivity index (χ2v) is 7.30. The van der Waals surface area contributed by atoms with E-state index in [9.17, 15) is 9.59 Å². The highest BCUT2D eigenvalue weighted by Gasteiger charge is 2.39. The van der Waals surface area contributed by atoms with E-state index in [1.165, 1.54) is 16.7 Å². The molecule has 0 saturated heterocycles. The number of imide groups is 1. The number of hydrogen-bond donors (Lipinski definition) is 1. The third-order valence-corrected chi connectivity index (χ3v) is 5.55. The van der Waals surface area contributed by atoms with Crippen LogP contribution in [0.1, 0.15) is 11.1 Å². The van der Waals surface area contributed by atoms with Crippen molar-refractivity contribution in [3.05, 3.63) is 69.6 Å². The molecule has 1 heterocycles. The molecule has 0 spiro atoms. The molecule has 1 N–H and O–H groups in total. The Labute approximate surface area is 166 Å². The van der Waals surface area contributed by atoms with E-state index in [0.717, 1.165) is 0 Å². The lowest BCUT2D eigenvalue weighted by molar-refractivity contribution is -0.137. The molecule has 2 aromatic rings. The average molecular weight is 404 g/mol. The first-order valence-electron chi connectivity index (χ1n) is 8.28. The van der Waals surface area contributed by atoms with Gasteiger partial charge in [0.25, 0.3) is 11.8 Å². The molecule has 2 amide bonds. The zero-order valence-electron chi connectivity index (χ0n) is 14.6. The third-order valence-electron chi connectivity index (χ3n) is 4.13. The maximum absolute atomic E-state index is 13.1.